The summed E-state index contributed by atoms with van der Waals surface area (Å²) in [4.78, 5) is 12.1. The number of para-hydroxylation sites is 1. The van der Waals surface area contributed by atoms with E-state index in [9.17, 15) is 4.79 Å². The minimum Gasteiger partial charge on any atom is -0.267 e. The van der Waals surface area contributed by atoms with E-state index in [4.69, 9.17) is 0 Å². The van der Waals surface area contributed by atoms with Crippen molar-refractivity contribution in [1.29, 1.82) is 0 Å². The SMILES string of the molecule is CC1=C2C(=O)N(c3ccccc3)N=C2C=C1. The molecule has 78 valence electrons. The topological polar surface area (TPSA) is 32.7 Å². The third-order valence-electron chi connectivity index (χ3n) is 2.76. The van der Waals surface area contributed by atoms with E-state index in [-0.39, 0.29) is 5.91 Å². The van der Waals surface area contributed by atoms with E-state index in [0.29, 0.717) is 0 Å². The second-order valence-corrected chi connectivity index (χ2v) is 3.83. The molecule has 1 aliphatic heterocycles. The summed E-state index contributed by atoms with van der Waals surface area (Å²) in [7, 11) is 0. The lowest BCUT2D eigenvalue weighted by atomic mass is 10.1. The quantitative estimate of drug-likeness (QED) is 0.699. The first kappa shape index (κ1) is 9.09. The third kappa shape index (κ3) is 1.15. The Morgan fingerprint density at radius 2 is 1.88 bits per heavy atom. The van der Waals surface area contributed by atoms with Crippen molar-refractivity contribution >= 4 is 17.3 Å². The Bertz CT molecular complexity index is 553. The van der Waals surface area contributed by atoms with Gasteiger partial charge in [-0.1, -0.05) is 24.3 Å². The zero-order valence-electron chi connectivity index (χ0n) is 8.84. The first-order chi connectivity index (χ1) is 7.77. The number of anilines is 1. The van der Waals surface area contributed by atoms with Gasteiger partial charge < -0.3 is 0 Å². The number of carbonyl (C=O) groups is 1. The fourth-order valence-corrected chi connectivity index (χ4v) is 1.94. The number of allylic oxidation sites excluding steroid dienone is 3. The molecule has 0 N–H and O–H groups in total. The van der Waals surface area contributed by atoms with Crippen LogP contribution in [0.1, 0.15) is 6.92 Å². The van der Waals surface area contributed by atoms with Crippen LogP contribution in [0.25, 0.3) is 0 Å². The molecular formula is C13H10N2O. The number of hydrogen-bond donors (Lipinski definition) is 0. The fourth-order valence-electron chi connectivity index (χ4n) is 1.94. The third-order valence-corrected chi connectivity index (χ3v) is 2.76. The summed E-state index contributed by atoms with van der Waals surface area (Å²) in [5, 5.41) is 5.76. The number of rotatable bonds is 1. The van der Waals surface area contributed by atoms with Gasteiger partial charge in [-0.2, -0.15) is 10.1 Å². The van der Waals surface area contributed by atoms with Crippen molar-refractivity contribution in [2.24, 2.45) is 5.10 Å². The second kappa shape index (κ2) is 3.17. The van der Waals surface area contributed by atoms with Crippen LogP contribution in [0.4, 0.5) is 5.69 Å². The minimum atomic E-state index is -0.0382. The predicted octanol–water partition coefficient (Wildman–Crippen LogP) is 2.28. The zero-order chi connectivity index (χ0) is 11.1. The molecule has 0 radical (unpaired) electrons. The van der Waals surface area contributed by atoms with Gasteiger partial charge in [-0.15, -0.1) is 0 Å². The van der Waals surface area contributed by atoms with Crippen LogP contribution in [0.15, 0.2) is 58.7 Å². The molecule has 0 saturated heterocycles. The van der Waals surface area contributed by atoms with Crippen LogP contribution >= 0.6 is 0 Å². The molecule has 3 nitrogen and oxygen atoms in total. The van der Waals surface area contributed by atoms with E-state index >= 15 is 0 Å². The Morgan fingerprint density at radius 1 is 1.12 bits per heavy atom. The Balaban J connectivity index is 2.07. The molecule has 0 fully saturated rings. The molecule has 0 saturated carbocycles. The first-order valence-electron chi connectivity index (χ1n) is 5.15. The molecule has 0 bridgehead atoms. The highest BCUT2D eigenvalue weighted by Crippen LogP contribution is 2.28. The van der Waals surface area contributed by atoms with Gasteiger partial charge in [0.2, 0.25) is 0 Å². The maximum atomic E-state index is 12.1. The van der Waals surface area contributed by atoms with Crippen molar-refractivity contribution in [3.8, 4) is 0 Å². The van der Waals surface area contributed by atoms with Crippen LogP contribution in [0.3, 0.4) is 0 Å². The first-order valence-corrected chi connectivity index (χ1v) is 5.15. The molecule has 1 aliphatic carbocycles. The lowest BCUT2D eigenvalue weighted by Gasteiger charge is -2.11. The molecule has 1 aromatic rings. The zero-order valence-corrected chi connectivity index (χ0v) is 8.84. The summed E-state index contributed by atoms with van der Waals surface area (Å²) in [6, 6.07) is 9.47. The smallest absolute Gasteiger partial charge is 0.267 e. The summed E-state index contributed by atoms with van der Waals surface area (Å²) in [5.41, 5.74) is 3.29. The maximum Gasteiger partial charge on any atom is 0.281 e. The average Bonchev–Trinajstić information content (AvgIpc) is 2.83. The Morgan fingerprint density at radius 3 is 2.56 bits per heavy atom. The monoisotopic (exact) mass is 210 g/mol. The number of hydrogen-bond acceptors (Lipinski definition) is 2. The van der Waals surface area contributed by atoms with Crippen LogP contribution in [0, 0.1) is 0 Å². The second-order valence-electron chi connectivity index (χ2n) is 3.83. The van der Waals surface area contributed by atoms with Gasteiger partial charge in [-0.05, 0) is 30.7 Å². The molecule has 1 amide bonds. The Kier molecular flexibility index (Phi) is 1.80. The number of benzene rings is 1. The number of nitrogens with zero attached hydrogens (tertiary/aromatic N) is 2. The maximum absolute atomic E-state index is 12.1. The van der Waals surface area contributed by atoms with E-state index < -0.39 is 0 Å². The highest BCUT2D eigenvalue weighted by molar-refractivity contribution is 6.35. The van der Waals surface area contributed by atoms with Crippen molar-refractivity contribution < 1.29 is 4.79 Å². The highest BCUT2D eigenvalue weighted by atomic mass is 16.2. The van der Waals surface area contributed by atoms with E-state index in [1.165, 1.54) is 5.01 Å². The molecular weight excluding hydrogens is 200 g/mol. The fraction of sp³-hybridized carbons (Fsp3) is 0.0769. The molecule has 16 heavy (non-hydrogen) atoms. The Hall–Kier alpha value is -2.16. The Labute approximate surface area is 93.4 Å². The van der Waals surface area contributed by atoms with E-state index in [2.05, 4.69) is 5.10 Å². The van der Waals surface area contributed by atoms with Crippen molar-refractivity contribution in [3.05, 3.63) is 53.6 Å². The van der Waals surface area contributed by atoms with Crippen LogP contribution in [0.2, 0.25) is 0 Å². The standard InChI is InChI=1S/C13H10N2O/c1-9-7-8-11-12(9)13(16)15(14-11)10-5-3-2-4-6-10/h2-8H,1H3. The van der Waals surface area contributed by atoms with Gasteiger partial charge in [0.1, 0.15) is 0 Å². The number of amides is 1. The minimum absolute atomic E-state index is 0.0382. The number of fused-ring (bicyclic) bond motifs is 1. The van der Waals surface area contributed by atoms with E-state index in [1.54, 1.807) is 0 Å². The molecule has 0 unspecified atom stereocenters. The average molecular weight is 210 g/mol. The molecule has 3 heteroatoms. The molecule has 1 aromatic carbocycles. The molecule has 0 atom stereocenters. The van der Waals surface area contributed by atoms with Crippen molar-refractivity contribution in [1.82, 2.24) is 0 Å². The summed E-state index contributed by atoms with van der Waals surface area (Å²) in [6.07, 6.45) is 3.81. The summed E-state index contributed by atoms with van der Waals surface area (Å²) < 4.78 is 0. The van der Waals surface area contributed by atoms with Gasteiger partial charge >= 0.3 is 0 Å². The van der Waals surface area contributed by atoms with Gasteiger partial charge in [-0.3, -0.25) is 4.79 Å². The van der Waals surface area contributed by atoms with Gasteiger partial charge in [0.05, 0.1) is 17.0 Å². The largest absolute Gasteiger partial charge is 0.281 e. The van der Waals surface area contributed by atoms with Gasteiger partial charge in [0.15, 0.2) is 0 Å². The van der Waals surface area contributed by atoms with Gasteiger partial charge in [0.25, 0.3) is 5.91 Å². The number of hydrazone groups is 1. The summed E-state index contributed by atoms with van der Waals surface area (Å²) >= 11 is 0. The lowest BCUT2D eigenvalue weighted by molar-refractivity contribution is -0.114. The van der Waals surface area contributed by atoms with E-state index in [1.807, 2.05) is 49.4 Å². The van der Waals surface area contributed by atoms with Crippen LogP contribution in [0.5, 0.6) is 0 Å². The molecule has 3 rings (SSSR count). The highest BCUT2D eigenvalue weighted by Gasteiger charge is 2.33. The van der Waals surface area contributed by atoms with Crippen molar-refractivity contribution in [3.63, 3.8) is 0 Å². The molecule has 0 aromatic heterocycles. The van der Waals surface area contributed by atoms with Crippen LogP contribution in [-0.2, 0) is 4.79 Å². The number of carbonyl (C=O) groups excluding carboxylic acids is 1. The van der Waals surface area contributed by atoms with E-state index in [0.717, 1.165) is 22.5 Å². The van der Waals surface area contributed by atoms with Crippen LogP contribution < -0.4 is 5.01 Å². The molecule has 1 heterocycles. The summed E-state index contributed by atoms with van der Waals surface area (Å²) in [5.74, 6) is -0.0382. The molecule has 2 aliphatic rings. The lowest BCUT2D eigenvalue weighted by Crippen LogP contribution is -2.21. The van der Waals surface area contributed by atoms with Crippen LogP contribution in [-0.4, -0.2) is 11.6 Å². The summed E-state index contributed by atoms with van der Waals surface area (Å²) in [6.45, 7) is 1.93. The van der Waals surface area contributed by atoms with Gasteiger partial charge in [-0.25, -0.2) is 0 Å². The van der Waals surface area contributed by atoms with Crippen molar-refractivity contribution in [2.45, 2.75) is 6.92 Å². The van der Waals surface area contributed by atoms with Crippen molar-refractivity contribution in [2.75, 3.05) is 5.01 Å². The predicted molar refractivity (Wildman–Crippen MR) is 63.2 cm³/mol. The normalized spacial score (nSPS) is 18.2. The molecule has 0 spiro atoms. The van der Waals surface area contributed by atoms with Gasteiger partial charge in [0, 0.05) is 0 Å².